The van der Waals surface area contributed by atoms with Gasteiger partial charge in [-0.05, 0) is 48.5 Å². The van der Waals surface area contributed by atoms with Gasteiger partial charge >= 0.3 is 0 Å². The third-order valence-corrected chi connectivity index (χ3v) is 3.46. The molecule has 0 fully saturated rings. The van der Waals surface area contributed by atoms with Crippen molar-refractivity contribution in [2.45, 2.75) is 13.3 Å². The molecule has 6 heteroatoms. The number of nitrogens with one attached hydrogen (secondary N) is 1. The van der Waals surface area contributed by atoms with Crippen LogP contribution in [0.5, 0.6) is 0 Å². The zero-order valence-corrected chi connectivity index (χ0v) is 13.3. The molecule has 1 N–H and O–H groups in total. The smallest absolute Gasteiger partial charge is 0.226 e. The van der Waals surface area contributed by atoms with E-state index >= 15 is 0 Å². The number of rotatable bonds is 5. The van der Waals surface area contributed by atoms with E-state index in [9.17, 15) is 14.0 Å². The molecule has 0 heterocycles. The summed E-state index contributed by atoms with van der Waals surface area (Å²) in [5.74, 6) is -0.785. The van der Waals surface area contributed by atoms with Crippen LogP contribution < -0.4 is 10.2 Å². The third-order valence-electron chi connectivity index (χ3n) is 3.21. The number of halogens is 2. The number of amides is 2. The Balaban J connectivity index is 1.95. The standard InChI is InChI=1S/C17H16ClFN2O2/c1-12(22)21(16-8-2-13(18)3-9-16)11-10-17(23)20-15-6-4-14(19)5-7-15/h2-9H,10-11H2,1H3,(H,20,23). The largest absolute Gasteiger partial charge is 0.326 e. The molecule has 23 heavy (non-hydrogen) atoms. The number of nitrogens with zero attached hydrogens (tertiary/aromatic N) is 1. The van der Waals surface area contributed by atoms with E-state index in [-0.39, 0.29) is 30.6 Å². The summed E-state index contributed by atoms with van der Waals surface area (Å²) in [5, 5.41) is 3.23. The van der Waals surface area contributed by atoms with Gasteiger partial charge in [-0.1, -0.05) is 11.6 Å². The lowest BCUT2D eigenvalue weighted by Crippen LogP contribution is -2.31. The van der Waals surface area contributed by atoms with Crippen molar-refractivity contribution in [3.05, 3.63) is 59.4 Å². The van der Waals surface area contributed by atoms with Crippen LogP contribution in [-0.4, -0.2) is 18.4 Å². The zero-order chi connectivity index (χ0) is 16.8. The van der Waals surface area contributed by atoms with E-state index in [1.165, 1.54) is 36.1 Å². The van der Waals surface area contributed by atoms with Crippen LogP contribution >= 0.6 is 11.6 Å². The Hall–Kier alpha value is -2.40. The van der Waals surface area contributed by atoms with Gasteiger partial charge in [0.25, 0.3) is 0 Å². The zero-order valence-electron chi connectivity index (χ0n) is 12.6. The van der Waals surface area contributed by atoms with Crippen LogP contribution in [0.1, 0.15) is 13.3 Å². The van der Waals surface area contributed by atoms with E-state index < -0.39 is 0 Å². The van der Waals surface area contributed by atoms with E-state index in [1.807, 2.05) is 0 Å². The highest BCUT2D eigenvalue weighted by Gasteiger charge is 2.13. The first-order valence-corrected chi connectivity index (χ1v) is 7.42. The van der Waals surface area contributed by atoms with Gasteiger partial charge in [-0.15, -0.1) is 0 Å². The molecule has 0 aromatic heterocycles. The molecule has 0 aliphatic rings. The molecule has 0 radical (unpaired) electrons. The normalized spacial score (nSPS) is 10.2. The predicted molar refractivity (Wildman–Crippen MR) is 89.1 cm³/mol. The quantitative estimate of drug-likeness (QED) is 0.902. The number of carbonyl (C=O) groups is 2. The van der Waals surface area contributed by atoms with Crippen LogP contribution in [0.25, 0.3) is 0 Å². The monoisotopic (exact) mass is 334 g/mol. The van der Waals surface area contributed by atoms with Gasteiger partial charge in [0.15, 0.2) is 0 Å². The van der Waals surface area contributed by atoms with Gasteiger partial charge < -0.3 is 10.2 Å². The summed E-state index contributed by atoms with van der Waals surface area (Å²) >= 11 is 5.83. The van der Waals surface area contributed by atoms with E-state index in [2.05, 4.69) is 5.32 Å². The summed E-state index contributed by atoms with van der Waals surface area (Å²) < 4.78 is 12.8. The summed E-state index contributed by atoms with van der Waals surface area (Å²) in [7, 11) is 0. The highest BCUT2D eigenvalue weighted by atomic mass is 35.5. The van der Waals surface area contributed by atoms with Crippen molar-refractivity contribution in [1.29, 1.82) is 0 Å². The molecule has 0 saturated heterocycles. The summed E-state index contributed by atoms with van der Waals surface area (Å²) in [6.07, 6.45) is 0.125. The number of hydrogen-bond donors (Lipinski definition) is 1. The van der Waals surface area contributed by atoms with E-state index in [1.54, 1.807) is 24.3 Å². The van der Waals surface area contributed by atoms with Gasteiger partial charge in [-0.25, -0.2) is 4.39 Å². The molecule has 2 rings (SSSR count). The average molecular weight is 335 g/mol. The second kappa shape index (κ2) is 7.74. The molecule has 120 valence electrons. The molecule has 4 nitrogen and oxygen atoms in total. The summed E-state index contributed by atoms with van der Waals surface area (Å²) in [4.78, 5) is 25.2. The lowest BCUT2D eigenvalue weighted by atomic mass is 10.2. The van der Waals surface area contributed by atoms with Gasteiger partial charge in [0.2, 0.25) is 11.8 Å². The molecule has 0 spiro atoms. The van der Waals surface area contributed by atoms with Crippen molar-refractivity contribution in [3.8, 4) is 0 Å². The van der Waals surface area contributed by atoms with Gasteiger partial charge in [0.05, 0.1) is 0 Å². The SMILES string of the molecule is CC(=O)N(CCC(=O)Nc1ccc(F)cc1)c1ccc(Cl)cc1. The van der Waals surface area contributed by atoms with Crippen molar-refractivity contribution in [2.24, 2.45) is 0 Å². The van der Waals surface area contributed by atoms with Crippen LogP contribution in [-0.2, 0) is 9.59 Å². The van der Waals surface area contributed by atoms with Crippen molar-refractivity contribution >= 4 is 34.8 Å². The summed E-state index contributed by atoms with van der Waals surface area (Å²) in [6.45, 7) is 1.68. The Kier molecular flexibility index (Phi) is 5.71. The van der Waals surface area contributed by atoms with Crippen molar-refractivity contribution in [2.75, 3.05) is 16.8 Å². The van der Waals surface area contributed by atoms with Gasteiger partial charge in [0.1, 0.15) is 5.82 Å². The lowest BCUT2D eigenvalue weighted by Gasteiger charge is -2.21. The maximum absolute atomic E-state index is 12.8. The Labute approximate surface area is 138 Å². The molecule has 0 bridgehead atoms. The van der Waals surface area contributed by atoms with Crippen LogP contribution in [0.4, 0.5) is 15.8 Å². The number of hydrogen-bond acceptors (Lipinski definition) is 2. The summed E-state index contributed by atoms with van der Waals surface area (Å²) in [5.41, 5.74) is 1.19. The molecule has 0 unspecified atom stereocenters. The Morgan fingerprint density at radius 1 is 1.09 bits per heavy atom. The molecule has 0 atom stereocenters. The first-order chi connectivity index (χ1) is 11.0. The van der Waals surface area contributed by atoms with Crippen LogP contribution in [0, 0.1) is 5.82 Å². The minimum Gasteiger partial charge on any atom is -0.326 e. The van der Waals surface area contributed by atoms with Gasteiger partial charge in [0, 0.05) is 36.3 Å². The first-order valence-electron chi connectivity index (χ1n) is 7.05. The van der Waals surface area contributed by atoms with Crippen LogP contribution in [0.3, 0.4) is 0 Å². The topological polar surface area (TPSA) is 49.4 Å². The predicted octanol–water partition coefficient (Wildman–Crippen LogP) is 3.86. The van der Waals surface area contributed by atoms with Gasteiger partial charge in [-0.2, -0.15) is 0 Å². The molecule has 0 aliphatic heterocycles. The second-order valence-electron chi connectivity index (χ2n) is 4.95. The van der Waals surface area contributed by atoms with E-state index in [0.717, 1.165) is 0 Å². The maximum Gasteiger partial charge on any atom is 0.226 e. The highest BCUT2D eigenvalue weighted by molar-refractivity contribution is 6.30. The fraction of sp³-hybridized carbons (Fsp3) is 0.176. The van der Waals surface area contributed by atoms with Crippen LogP contribution in [0.2, 0.25) is 5.02 Å². The van der Waals surface area contributed by atoms with Gasteiger partial charge in [-0.3, -0.25) is 9.59 Å². The first kappa shape index (κ1) is 17.0. The third kappa shape index (κ3) is 5.07. The molecule has 0 saturated carbocycles. The van der Waals surface area contributed by atoms with Crippen LogP contribution in [0.15, 0.2) is 48.5 Å². The molecule has 0 aliphatic carbocycles. The maximum atomic E-state index is 12.8. The Morgan fingerprint density at radius 3 is 2.26 bits per heavy atom. The van der Waals surface area contributed by atoms with Crippen molar-refractivity contribution in [3.63, 3.8) is 0 Å². The number of anilines is 2. The molecule has 2 aromatic carbocycles. The fourth-order valence-electron chi connectivity index (χ4n) is 2.06. The number of carbonyl (C=O) groups excluding carboxylic acids is 2. The molecular weight excluding hydrogens is 319 g/mol. The summed E-state index contributed by atoms with van der Waals surface area (Å²) in [6, 6.07) is 12.3. The molecular formula is C17H16ClFN2O2. The Morgan fingerprint density at radius 2 is 1.70 bits per heavy atom. The minimum atomic E-state index is -0.367. The highest BCUT2D eigenvalue weighted by Crippen LogP contribution is 2.18. The average Bonchev–Trinajstić information content (AvgIpc) is 2.51. The molecule has 2 amide bonds. The van der Waals surface area contributed by atoms with Crippen molar-refractivity contribution < 1.29 is 14.0 Å². The lowest BCUT2D eigenvalue weighted by molar-refractivity contribution is -0.117. The Bertz CT molecular complexity index is 687. The van der Waals surface area contributed by atoms with E-state index in [4.69, 9.17) is 11.6 Å². The minimum absolute atomic E-state index is 0.125. The molecule has 2 aromatic rings. The second-order valence-corrected chi connectivity index (χ2v) is 5.39. The number of benzene rings is 2. The van der Waals surface area contributed by atoms with E-state index in [0.29, 0.717) is 16.4 Å². The fourth-order valence-corrected chi connectivity index (χ4v) is 2.19. The van der Waals surface area contributed by atoms with Crippen molar-refractivity contribution in [1.82, 2.24) is 0 Å².